The van der Waals surface area contributed by atoms with Gasteiger partial charge in [-0.2, -0.15) is 0 Å². The average Bonchev–Trinajstić information content (AvgIpc) is 2.63. The van der Waals surface area contributed by atoms with Crippen LogP contribution >= 0.6 is 0 Å². The second kappa shape index (κ2) is 4.77. The van der Waals surface area contributed by atoms with E-state index >= 15 is 0 Å². The van der Waals surface area contributed by atoms with Crippen molar-refractivity contribution >= 4 is 0 Å². The fraction of sp³-hybridized carbons (Fsp3) is 0.727. The quantitative estimate of drug-likeness (QED) is 0.778. The first kappa shape index (κ1) is 10.6. The Morgan fingerprint density at radius 2 is 2.20 bits per heavy atom. The van der Waals surface area contributed by atoms with Crippen LogP contribution in [0.25, 0.3) is 0 Å². The predicted octanol–water partition coefficient (Wildman–Crippen LogP) is 0.951. The Hall–Kier alpha value is -0.870. The monoisotopic (exact) mass is 209 g/mol. The first-order valence-electron chi connectivity index (χ1n) is 5.68. The summed E-state index contributed by atoms with van der Waals surface area (Å²) in [4.78, 5) is 4.50. The van der Waals surface area contributed by atoms with Crippen LogP contribution in [0.4, 0.5) is 0 Å². The molecular formula is C11H19N3O. The molecule has 0 atom stereocenters. The van der Waals surface area contributed by atoms with Crippen LogP contribution in [0.2, 0.25) is 0 Å². The summed E-state index contributed by atoms with van der Waals surface area (Å²) >= 11 is 0. The lowest BCUT2D eigenvalue weighted by atomic mass is 9.98. The minimum Gasteiger partial charge on any atom is -0.445 e. The lowest BCUT2D eigenvalue weighted by molar-refractivity contribution is 0.361. The Balaban J connectivity index is 2.10. The zero-order chi connectivity index (χ0) is 10.7. The molecule has 1 saturated heterocycles. The lowest BCUT2D eigenvalue weighted by Crippen LogP contribution is -2.26. The molecule has 1 aliphatic heterocycles. The highest BCUT2D eigenvalue weighted by Gasteiger charge is 2.21. The molecule has 0 unspecified atom stereocenters. The number of hydrogen-bond acceptors (Lipinski definition) is 4. The van der Waals surface area contributed by atoms with Crippen LogP contribution in [0.3, 0.4) is 0 Å². The van der Waals surface area contributed by atoms with E-state index in [4.69, 9.17) is 10.2 Å². The number of aromatic nitrogens is 1. The fourth-order valence-electron chi connectivity index (χ4n) is 2.06. The molecule has 15 heavy (non-hydrogen) atoms. The number of oxazole rings is 1. The molecule has 0 radical (unpaired) electrons. The van der Waals surface area contributed by atoms with Gasteiger partial charge in [0.15, 0.2) is 5.89 Å². The largest absolute Gasteiger partial charge is 0.445 e. The number of nitrogens with two attached hydrogens (primary N) is 1. The Labute approximate surface area is 90.2 Å². The Kier molecular flexibility index (Phi) is 3.38. The molecule has 4 heteroatoms. The normalized spacial score (nSPS) is 18.3. The summed E-state index contributed by atoms with van der Waals surface area (Å²) in [5, 5.41) is 3.34. The molecule has 1 aliphatic rings. The third kappa shape index (κ3) is 2.38. The average molecular weight is 209 g/mol. The molecule has 1 aromatic rings. The van der Waals surface area contributed by atoms with Gasteiger partial charge in [-0.3, -0.25) is 0 Å². The first-order chi connectivity index (χ1) is 7.31. The van der Waals surface area contributed by atoms with Gasteiger partial charge in [0.25, 0.3) is 0 Å². The van der Waals surface area contributed by atoms with Gasteiger partial charge >= 0.3 is 0 Å². The summed E-state index contributed by atoms with van der Waals surface area (Å²) in [6.45, 7) is 4.76. The van der Waals surface area contributed by atoms with Crippen LogP contribution in [0, 0.1) is 6.92 Å². The van der Waals surface area contributed by atoms with Gasteiger partial charge in [0, 0.05) is 12.3 Å². The van der Waals surface area contributed by atoms with E-state index in [1.165, 1.54) is 0 Å². The molecule has 84 valence electrons. The van der Waals surface area contributed by atoms with Gasteiger partial charge in [-0.1, -0.05) is 0 Å². The Morgan fingerprint density at radius 1 is 1.47 bits per heavy atom. The van der Waals surface area contributed by atoms with Gasteiger partial charge in [-0.25, -0.2) is 4.98 Å². The standard InChI is InChI=1S/C11H19N3O/c1-8-10(2-5-12)15-11(14-8)9-3-6-13-7-4-9/h9,13H,2-7,12H2,1H3. The van der Waals surface area contributed by atoms with Crippen molar-refractivity contribution < 1.29 is 4.42 Å². The second-order valence-corrected chi connectivity index (χ2v) is 4.12. The number of rotatable bonds is 3. The van der Waals surface area contributed by atoms with Crippen molar-refractivity contribution in [1.82, 2.24) is 10.3 Å². The maximum absolute atomic E-state index is 5.78. The van der Waals surface area contributed by atoms with Crippen LogP contribution in [-0.2, 0) is 6.42 Å². The van der Waals surface area contributed by atoms with Crippen molar-refractivity contribution in [3.8, 4) is 0 Å². The molecule has 0 aliphatic carbocycles. The molecule has 1 fully saturated rings. The van der Waals surface area contributed by atoms with E-state index < -0.39 is 0 Å². The second-order valence-electron chi connectivity index (χ2n) is 4.12. The maximum Gasteiger partial charge on any atom is 0.197 e. The number of hydrogen-bond donors (Lipinski definition) is 2. The molecular weight excluding hydrogens is 190 g/mol. The molecule has 0 saturated carbocycles. The molecule has 0 aromatic carbocycles. The minimum atomic E-state index is 0.497. The zero-order valence-corrected chi connectivity index (χ0v) is 9.25. The molecule has 0 amide bonds. The van der Waals surface area contributed by atoms with Crippen molar-refractivity contribution in [3.05, 3.63) is 17.3 Å². The SMILES string of the molecule is Cc1nc(C2CCNCC2)oc1CCN. The minimum absolute atomic E-state index is 0.497. The Bertz CT molecular complexity index is 316. The summed E-state index contributed by atoms with van der Waals surface area (Å²) in [6, 6.07) is 0. The molecule has 0 bridgehead atoms. The third-order valence-electron chi connectivity index (χ3n) is 2.97. The van der Waals surface area contributed by atoms with E-state index in [1.54, 1.807) is 0 Å². The van der Waals surface area contributed by atoms with Gasteiger partial charge in [-0.05, 0) is 39.4 Å². The molecule has 2 heterocycles. The van der Waals surface area contributed by atoms with E-state index in [0.29, 0.717) is 12.5 Å². The summed E-state index contributed by atoms with van der Waals surface area (Å²) in [5.74, 6) is 2.37. The van der Waals surface area contributed by atoms with Gasteiger partial charge < -0.3 is 15.5 Å². The van der Waals surface area contributed by atoms with Crippen molar-refractivity contribution in [1.29, 1.82) is 0 Å². The number of nitrogens with zero attached hydrogens (tertiary/aromatic N) is 1. The van der Waals surface area contributed by atoms with Crippen LogP contribution < -0.4 is 11.1 Å². The highest BCUT2D eigenvalue weighted by molar-refractivity contribution is 5.10. The van der Waals surface area contributed by atoms with E-state index in [2.05, 4.69) is 10.3 Å². The van der Waals surface area contributed by atoms with Crippen LogP contribution in [0.15, 0.2) is 4.42 Å². The van der Waals surface area contributed by atoms with Crippen molar-refractivity contribution in [2.24, 2.45) is 5.73 Å². The Morgan fingerprint density at radius 3 is 2.87 bits per heavy atom. The maximum atomic E-state index is 5.78. The molecule has 0 spiro atoms. The highest BCUT2D eigenvalue weighted by Crippen LogP contribution is 2.26. The van der Waals surface area contributed by atoms with Gasteiger partial charge in [0.2, 0.25) is 0 Å². The van der Waals surface area contributed by atoms with E-state index in [0.717, 1.165) is 49.7 Å². The summed E-state index contributed by atoms with van der Waals surface area (Å²) in [5.41, 5.74) is 6.53. The van der Waals surface area contributed by atoms with E-state index in [1.807, 2.05) is 6.92 Å². The van der Waals surface area contributed by atoms with E-state index in [9.17, 15) is 0 Å². The molecule has 4 nitrogen and oxygen atoms in total. The zero-order valence-electron chi connectivity index (χ0n) is 9.25. The van der Waals surface area contributed by atoms with Gasteiger partial charge in [0.1, 0.15) is 5.76 Å². The highest BCUT2D eigenvalue weighted by atomic mass is 16.4. The lowest BCUT2D eigenvalue weighted by Gasteiger charge is -2.19. The number of nitrogens with one attached hydrogen (secondary N) is 1. The van der Waals surface area contributed by atoms with Crippen molar-refractivity contribution in [3.63, 3.8) is 0 Å². The molecule has 3 N–H and O–H groups in total. The van der Waals surface area contributed by atoms with Crippen LogP contribution in [-0.4, -0.2) is 24.6 Å². The first-order valence-corrected chi connectivity index (χ1v) is 5.68. The fourth-order valence-corrected chi connectivity index (χ4v) is 2.06. The summed E-state index contributed by atoms with van der Waals surface area (Å²) < 4.78 is 5.78. The van der Waals surface area contributed by atoms with Crippen molar-refractivity contribution in [2.45, 2.75) is 32.1 Å². The summed E-state index contributed by atoms with van der Waals surface area (Å²) in [6.07, 6.45) is 3.05. The molecule has 2 rings (SSSR count). The topological polar surface area (TPSA) is 64.1 Å². The summed E-state index contributed by atoms with van der Waals surface area (Å²) in [7, 11) is 0. The van der Waals surface area contributed by atoms with Crippen LogP contribution in [0.5, 0.6) is 0 Å². The van der Waals surface area contributed by atoms with E-state index in [-0.39, 0.29) is 0 Å². The van der Waals surface area contributed by atoms with Gasteiger partial charge in [0.05, 0.1) is 5.69 Å². The number of aryl methyl sites for hydroxylation is 1. The van der Waals surface area contributed by atoms with Crippen molar-refractivity contribution in [2.75, 3.05) is 19.6 Å². The van der Waals surface area contributed by atoms with Crippen LogP contribution in [0.1, 0.15) is 36.1 Å². The third-order valence-corrected chi connectivity index (χ3v) is 2.97. The van der Waals surface area contributed by atoms with Gasteiger partial charge in [-0.15, -0.1) is 0 Å². The smallest absolute Gasteiger partial charge is 0.197 e. The molecule has 1 aromatic heterocycles. The predicted molar refractivity (Wildman–Crippen MR) is 58.8 cm³/mol. The number of piperidine rings is 1.